The fraction of sp³-hybridized carbons (Fsp3) is 0.625. The van der Waals surface area contributed by atoms with Crippen molar-refractivity contribution in [1.82, 2.24) is 9.97 Å². The number of Topliss-reactive ketones (excluding diaryl/α,β-unsaturated/α-hetero) is 1. The SMILES string of the molecule is Cc1nc(NC(=O)CC(C)C)nc2c1C(=O)CC(C)(C)C2. The van der Waals surface area contributed by atoms with E-state index in [4.69, 9.17) is 0 Å². The van der Waals surface area contributed by atoms with Gasteiger partial charge in [0.2, 0.25) is 11.9 Å². The lowest BCUT2D eigenvalue weighted by atomic mass is 9.75. The fourth-order valence-electron chi connectivity index (χ4n) is 2.76. The number of anilines is 1. The number of aromatic nitrogens is 2. The second kappa shape index (κ2) is 5.54. The van der Waals surface area contributed by atoms with Gasteiger partial charge < -0.3 is 0 Å². The number of nitrogens with one attached hydrogen (secondary N) is 1. The molecular weight excluding hydrogens is 266 g/mol. The molecule has 1 N–H and O–H groups in total. The highest BCUT2D eigenvalue weighted by Crippen LogP contribution is 2.35. The van der Waals surface area contributed by atoms with E-state index in [-0.39, 0.29) is 23.0 Å². The molecule has 0 spiro atoms. The summed E-state index contributed by atoms with van der Waals surface area (Å²) >= 11 is 0. The highest BCUT2D eigenvalue weighted by atomic mass is 16.1. The number of aryl methyl sites for hydroxylation is 1. The topological polar surface area (TPSA) is 72.0 Å². The number of ketones is 1. The Bertz CT molecular complexity index is 591. The van der Waals surface area contributed by atoms with E-state index in [0.717, 1.165) is 12.1 Å². The van der Waals surface area contributed by atoms with Gasteiger partial charge in [0.15, 0.2) is 5.78 Å². The predicted molar refractivity (Wildman–Crippen MR) is 81.3 cm³/mol. The third-order valence-electron chi connectivity index (χ3n) is 3.57. The quantitative estimate of drug-likeness (QED) is 0.928. The molecule has 5 heteroatoms. The smallest absolute Gasteiger partial charge is 0.229 e. The van der Waals surface area contributed by atoms with E-state index in [1.165, 1.54) is 0 Å². The maximum atomic E-state index is 12.2. The summed E-state index contributed by atoms with van der Waals surface area (Å²) in [5.74, 6) is 0.594. The van der Waals surface area contributed by atoms with Crippen LogP contribution in [0.25, 0.3) is 0 Å². The Kier molecular flexibility index (Phi) is 4.12. The van der Waals surface area contributed by atoms with Crippen LogP contribution in [0.1, 0.15) is 62.3 Å². The Morgan fingerprint density at radius 3 is 2.57 bits per heavy atom. The van der Waals surface area contributed by atoms with Gasteiger partial charge in [0.05, 0.1) is 17.0 Å². The maximum Gasteiger partial charge on any atom is 0.229 e. The van der Waals surface area contributed by atoms with E-state index < -0.39 is 0 Å². The summed E-state index contributed by atoms with van der Waals surface area (Å²) < 4.78 is 0. The van der Waals surface area contributed by atoms with Crippen molar-refractivity contribution in [2.24, 2.45) is 11.3 Å². The van der Waals surface area contributed by atoms with Crippen LogP contribution in [0.2, 0.25) is 0 Å². The van der Waals surface area contributed by atoms with Gasteiger partial charge >= 0.3 is 0 Å². The first-order valence-electron chi connectivity index (χ1n) is 7.38. The fourth-order valence-corrected chi connectivity index (χ4v) is 2.76. The van der Waals surface area contributed by atoms with E-state index in [1.807, 2.05) is 13.8 Å². The molecule has 21 heavy (non-hydrogen) atoms. The van der Waals surface area contributed by atoms with Gasteiger partial charge in [-0.2, -0.15) is 0 Å². The van der Waals surface area contributed by atoms with Crippen LogP contribution in [-0.4, -0.2) is 21.7 Å². The molecule has 1 aliphatic carbocycles. The maximum absolute atomic E-state index is 12.2. The van der Waals surface area contributed by atoms with Crippen molar-refractivity contribution in [3.63, 3.8) is 0 Å². The molecule has 2 rings (SSSR count). The Morgan fingerprint density at radius 2 is 1.95 bits per heavy atom. The number of nitrogens with zero attached hydrogens (tertiary/aromatic N) is 2. The van der Waals surface area contributed by atoms with Gasteiger partial charge in [0, 0.05) is 12.8 Å². The second-order valence-electron chi connectivity index (χ2n) is 7.04. The Labute approximate surface area is 125 Å². The van der Waals surface area contributed by atoms with E-state index in [9.17, 15) is 9.59 Å². The number of amides is 1. The summed E-state index contributed by atoms with van der Waals surface area (Å²) in [7, 11) is 0. The normalized spacial score (nSPS) is 16.8. The Balaban J connectivity index is 2.30. The molecule has 1 aromatic rings. The lowest BCUT2D eigenvalue weighted by Gasteiger charge is -2.30. The van der Waals surface area contributed by atoms with Crippen molar-refractivity contribution in [1.29, 1.82) is 0 Å². The molecule has 1 heterocycles. The van der Waals surface area contributed by atoms with Crippen LogP contribution in [0.4, 0.5) is 5.95 Å². The molecule has 114 valence electrons. The van der Waals surface area contributed by atoms with Gasteiger partial charge in [-0.1, -0.05) is 27.7 Å². The van der Waals surface area contributed by atoms with Crippen LogP contribution in [0, 0.1) is 18.3 Å². The number of carbonyl (C=O) groups excluding carboxylic acids is 2. The van der Waals surface area contributed by atoms with Crippen molar-refractivity contribution < 1.29 is 9.59 Å². The largest absolute Gasteiger partial charge is 0.295 e. The molecule has 5 nitrogen and oxygen atoms in total. The van der Waals surface area contributed by atoms with Gasteiger partial charge in [-0.25, -0.2) is 9.97 Å². The van der Waals surface area contributed by atoms with Crippen LogP contribution in [-0.2, 0) is 11.2 Å². The van der Waals surface area contributed by atoms with Gasteiger partial charge in [-0.3, -0.25) is 14.9 Å². The monoisotopic (exact) mass is 289 g/mol. The number of fused-ring (bicyclic) bond motifs is 1. The van der Waals surface area contributed by atoms with Crippen LogP contribution in [0.3, 0.4) is 0 Å². The molecule has 1 aliphatic rings. The molecule has 0 bridgehead atoms. The van der Waals surface area contributed by atoms with Crippen molar-refractivity contribution in [3.05, 3.63) is 17.0 Å². The molecule has 0 saturated carbocycles. The molecule has 0 radical (unpaired) electrons. The first-order valence-corrected chi connectivity index (χ1v) is 7.38. The van der Waals surface area contributed by atoms with E-state index in [2.05, 4.69) is 29.1 Å². The lowest BCUT2D eigenvalue weighted by molar-refractivity contribution is -0.116. The average molecular weight is 289 g/mol. The zero-order chi connectivity index (χ0) is 15.8. The number of hydrogen-bond acceptors (Lipinski definition) is 4. The van der Waals surface area contributed by atoms with Gasteiger partial charge in [-0.05, 0) is 24.7 Å². The molecule has 0 saturated heterocycles. The third-order valence-corrected chi connectivity index (χ3v) is 3.57. The van der Waals surface area contributed by atoms with Crippen LogP contribution >= 0.6 is 0 Å². The van der Waals surface area contributed by atoms with E-state index in [0.29, 0.717) is 30.0 Å². The first kappa shape index (κ1) is 15.6. The highest BCUT2D eigenvalue weighted by Gasteiger charge is 2.33. The van der Waals surface area contributed by atoms with E-state index in [1.54, 1.807) is 6.92 Å². The molecule has 0 unspecified atom stereocenters. The first-order chi connectivity index (χ1) is 9.68. The minimum Gasteiger partial charge on any atom is -0.295 e. The number of carbonyl (C=O) groups is 2. The van der Waals surface area contributed by atoms with Crippen molar-refractivity contribution in [2.75, 3.05) is 5.32 Å². The summed E-state index contributed by atoms with van der Waals surface area (Å²) in [6.45, 7) is 9.89. The molecule has 1 amide bonds. The van der Waals surface area contributed by atoms with E-state index >= 15 is 0 Å². The summed E-state index contributed by atoms with van der Waals surface area (Å²) in [4.78, 5) is 32.7. The minimum atomic E-state index is -0.0932. The zero-order valence-corrected chi connectivity index (χ0v) is 13.4. The summed E-state index contributed by atoms with van der Waals surface area (Å²) in [6.07, 6.45) is 1.68. The van der Waals surface area contributed by atoms with Crippen molar-refractivity contribution in [3.8, 4) is 0 Å². The summed E-state index contributed by atoms with van der Waals surface area (Å²) in [6, 6.07) is 0. The summed E-state index contributed by atoms with van der Waals surface area (Å²) in [5, 5.41) is 2.73. The van der Waals surface area contributed by atoms with Gasteiger partial charge in [-0.15, -0.1) is 0 Å². The molecule has 0 atom stereocenters. The third kappa shape index (κ3) is 3.65. The van der Waals surface area contributed by atoms with Crippen LogP contribution in [0.15, 0.2) is 0 Å². The second-order valence-corrected chi connectivity index (χ2v) is 7.04. The molecule has 1 aromatic heterocycles. The molecule has 0 aromatic carbocycles. The van der Waals surface area contributed by atoms with Crippen LogP contribution in [0.5, 0.6) is 0 Å². The molecule has 0 fully saturated rings. The van der Waals surface area contributed by atoms with Crippen LogP contribution < -0.4 is 5.32 Å². The molecular formula is C16H23N3O2. The lowest BCUT2D eigenvalue weighted by Crippen LogP contribution is -2.30. The minimum absolute atomic E-state index is 0.0919. The van der Waals surface area contributed by atoms with Crippen molar-refractivity contribution >= 4 is 17.6 Å². The van der Waals surface area contributed by atoms with Gasteiger partial charge in [0.1, 0.15) is 0 Å². The zero-order valence-electron chi connectivity index (χ0n) is 13.4. The predicted octanol–water partition coefficient (Wildman–Crippen LogP) is 2.92. The average Bonchev–Trinajstić information content (AvgIpc) is 2.23. The highest BCUT2D eigenvalue weighted by molar-refractivity contribution is 6.00. The van der Waals surface area contributed by atoms with Gasteiger partial charge in [0.25, 0.3) is 0 Å². The number of hydrogen-bond donors (Lipinski definition) is 1. The summed E-state index contributed by atoms with van der Waals surface area (Å²) in [5.41, 5.74) is 1.95. The standard InChI is InChI=1S/C16H23N3O2/c1-9(2)6-13(21)19-15-17-10(3)14-11(18-15)7-16(4,5)8-12(14)20/h9H,6-8H2,1-5H3,(H,17,18,19,21). The number of rotatable bonds is 3. The Hall–Kier alpha value is -1.78. The Morgan fingerprint density at radius 1 is 1.29 bits per heavy atom. The molecule has 0 aliphatic heterocycles. The van der Waals surface area contributed by atoms with Crippen molar-refractivity contribution in [2.45, 2.75) is 53.9 Å².